The summed E-state index contributed by atoms with van der Waals surface area (Å²) in [6.45, 7) is 0.517. The van der Waals surface area contributed by atoms with Crippen LogP contribution in [-0.4, -0.2) is 31.2 Å². The van der Waals surface area contributed by atoms with Crippen LogP contribution < -0.4 is 15.4 Å². The summed E-state index contributed by atoms with van der Waals surface area (Å²) in [5.74, 6) is -0.956. The van der Waals surface area contributed by atoms with Crippen LogP contribution >= 0.6 is 0 Å². The van der Waals surface area contributed by atoms with E-state index in [1.807, 2.05) is 6.07 Å². The Morgan fingerprint density at radius 1 is 1.03 bits per heavy atom. The Bertz CT molecular complexity index is 1080. The summed E-state index contributed by atoms with van der Waals surface area (Å²) in [5.41, 5.74) is 0.780. The SMILES string of the molecule is COCCOc1ccc(F)cc1NC(=O)c1ccc(Nc2ccccc2)c([N+](=O)[O-])c1. The second kappa shape index (κ2) is 10.2. The molecule has 3 rings (SSSR count). The summed E-state index contributed by atoms with van der Waals surface area (Å²) < 4.78 is 24.1. The predicted octanol–water partition coefficient (Wildman–Crippen LogP) is 4.76. The van der Waals surface area contributed by atoms with Crippen molar-refractivity contribution in [3.8, 4) is 5.75 Å². The number of para-hydroxylation sites is 1. The average Bonchev–Trinajstić information content (AvgIpc) is 2.76. The molecule has 0 heterocycles. The molecule has 0 atom stereocenters. The molecule has 3 aromatic carbocycles. The van der Waals surface area contributed by atoms with E-state index in [4.69, 9.17) is 9.47 Å². The summed E-state index contributed by atoms with van der Waals surface area (Å²) in [5, 5.41) is 17.0. The molecule has 0 saturated carbocycles. The molecule has 0 aromatic heterocycles. The lowest BCUT2D eigenvalue weighted by Gasteiger charge is -2.13. The standard InChI is InChI=1S/C22H20FN3O5/c1-30-11-12-31-21-10-8-16(23)14-19(21)25-22(27)15-7-9-18(20(13-15)26(28)29)24-17-5-3-2-4-6-17/h2-10,13-14,24H,11-12H2,1H3,(H,25,27). The van der Waals surface area contributed by atoms with Crippen molar-refractivity contribution in [3.05, 3.63) is 88.2 Å². The number of carbonyl (C=O) groups excluding carboxylic acids is 1. The number of nitro benzene ring substituents is 1. The van der Waals surface area contributed by atoms with Crippen LogP contribution in [0.3, 0.4) is 0 Å². The van der Waals surface area contributed by atoms with Crippen molar-refractivity contribution in [1.29, 1.82) is 0 Å². The lowest BCUT2D eigenvalue weighted by atomic mass is 10.1. The van der Waals surface area contributed by atoms with E-state index in [9.17, 15) is 19.3 Å². The van der Waals surface area contributed by atoms with Crippen LogP contribution in [-0.2, 0) is 4.74 Å². The van der Waals surface area contributed by atoms with Crippen molar-refractivity contribution in [2.24, 2.45) is 0 Å². The highest BCUT2D eigenvalue weighted by Crippen LogP contribution is 2.30. The first-order valence-corrected chi connectivity index (χ1v) is 9.31. The number of carbonyl (C=O) groups is 1. The lowest BCUT2D eigenvalue weighted by molar-refractivity contribution is -0.383. The van der Waals surface area contributed by atoms with E-state index in [1.165, 1.54) is 31.4 Å². The zero-order valence-corrected chi connectivity index (χ0v) is 16.6. The number of methoxy groups -OCH3 is 1. The van der Waals surface area contributed by atoms with Gasteiger partial charge in [-0.25, -0.2) is 4.39 Å². The van der Waals surface area contributed by atoms with Crippen molar-refractivity contribution in [1.82, 2.24) is 0 Å². The molecule has 0 aliphatic rings. The summed E-state index contributed by atoms with van der Waals surface area (Å²) in [6.07, 6.45) is 0. The summed E-state index contributed by atoms with van der Waals surface area (Å²) in [4.78, 5) is 23.7. The largest absolute Gasteiger partial charge is 0.489 e. The smallest absolute Gasteiger partial charge is 0.293 e. The Balaban J connectivity index is 1.83. The van der Waals surface area contributed by atoms with Gasteiger partial charge in [-0.1, -0.05) is 18.2 Å². The minimum Gasteiger partial charge on any atom is -0.489 e. The van der Waals surface area contributed by atoms with E-state index in [-0.39, 0.29) is 35.0 Å². The van der Waals surface area contributed by atoms with Crippen molar-refractivity contribution < 1.29 is 23.6 Å². The number of hydrogen-bond acceptors (Lipinski definition) is 6. The fourth-order valence-electron chi connectivity index (χ4n) is 2.76. The Hall–Kier alpha value is -3.98. The molecule has 31 heavy (non-hydrogen) atoms. The number of nitrogens with one attached hydrogen (secondary N) is 2. The molecule has 0 bridgehead atoms. The Morgan fingerprint density at radius 3 is 2.52 bits per heavy atom. The van der Waals surface area contributed by atoms with Crippen LogP contribution in [0.25, 0.3) is 0 Å². The van der Waals surface area contributed by atoms with E-state index < -0.39 is 16.6 Å². The van der Waals surface area contributed by atoms with E-state index in [1.54, 1.807) is 24.3 Å². The third kappa shape index (κ3) is 5.77. The molecule has 9 heteroatoms. The molecule has 1 amide bonds. The van der Waals surface area contributed by atoms with Crippen molar-refractivity contribution >= 4 is 28.7 Å². The number of ether oxygens (including phenoxy) is 2. The van der Waals surface area contributed by atoms with Crippen LogP contribution in [0.5, 0.6) is 5.75 Å². The second-order valence-corrected chi connectivity index (χ2v) is 6.42. The number of amides is 1. The molecule has 0 saturated heterocycles. The number of nitro groups is 1. The fraction of sp³-hybridized carbons (Fsp3) is 0.136. The maximum atomic E-state index is 13.7. The second-order valence-electron chi connectivity index (χ2n) is 6.42. The van der Waals surface area contributed by atoms with Gasteiger partial charge in [0.05, 0.1) is 17.2 Å². The minimum absolute atomic E-state index is 0.0393. The molecule has 0 aliphatic heterocycles. The minimum atomic E-state index is -0.642. The number of anilines is 3. The monoisotopic (exact) mass is 425 g/mol. The van der Waals surface area contributed by atoms with Gasteiger partial charge in [0.25, 0.3) is 11.6 Å². The Morgan fingerprint density at radius 2 is 1.81 bits per heavy atom. The van der Waals surface area contributed by atoms with Gasteiger partial charge in [0.15, 0.2) is 0 Å². The molecule has 0 unspecified atom stereocenters. The van der Waals surface area contributed by atoms with Gasteiger partial charge in [-0.2, -0.15) is 0 Å². The normalized spacial score (nSPS) is 10.4. The van der Waals surface area contributed by atoms with Crippen LogP contribution in [0.15, 0.2) is 66.7 Å². The molecule has 0 fully saturated rings. The van der Waals surface area contributed by atoms with Gasteiger partial charge in [-0.05, 0) is 36.4 Å². The van der Waals surface area contributed by atoms with Crippen molar-refractivity contribution in [2.45, 2.75) is 0 Å². The Labute approximate surface area is 177 Å². The van der Waals surface area contributed by atoms with E-state index >= 15 is 0 Å². The number of nitrogens with zero attached hydrogens (tertiary/aromatic N) is 1. The lowest BCUT2D eigenvalue weighted by Crippen LogP contribution is -2.14. The summed E-state index contributed by atoms with van der Waals surface area (Å²) in [6, 6.07) is 16.7. The van der Waals surface area contributed by atoms with E-state index in [0.29, 0.717) is 12.3 Å². The maximum absolute atomic E-state index is 13.7. The molecule has 3 aromatic rings. The first kappa shape index (κ1) is 21.7. The number of hydrogen-bond donors (Lipinski definition) is 2. The molecule has 0 aliphatic carbocycles. The van der Waals surface area contributed by atoms with Crippen molar-refractivity contribution in [3.63, 3.8) is 0 Å². The molecular weight excluding hydrogens is 405 g/mol. The molecule has 0 spiro atoms. The van der Waals surface area contributed by atoms with Gasteiger partial charge >= 0.3 is 0 Å². The highest BCUT2D eigenvalue weighted by Gasteiger charge is 2.19. The quantitative estimate of drug-likeness (QED) is 0.291. The molecule has 2 N–H and O–H groups in total. The maximum Gasteiger partial charge on any atom is 0.293 e. The van der Waals surface area contributed by atoms with Gasteiger partial charge in [-0.3, -0.25) is 14.9 Å². The van der Waals surface area contributed by atoms with E-state index in [2.05, 4.69) is 10.6 Å². The van der Waals surface area contributed by atoms with Crippen LogP contribution in [0, 0.1) is 15.9 Å². The average molecular weight is 425 g/mol. The molecule has 0 radical (unpaired) electrons. The highest BCUT2D eigenvalue weighted by molar-refractivity contribution is 6.06. The zero-order valence-electron chi connectivity index (χ0n) is 16.6. The number of halogens is 1. The van der Waals surface area contributed by atoms with Gasteiger partial charge in [0, 0.05) is 30.5 Å². The van der Waals surface area contributed by atoms with Crippen LogP contribution in [0.4, 0.5) is 27.1 Å². The third-order valence-electron chi connectivity index (χ3n) is 4.24. The number of benzene rings is 3. The van der Waals surface area contributed by atoms with Gasteiger partial charge in [0.2, 0.25) is 0 Å². The highest BCUT2D eigenvalue weighted by atomic mass is 19.1. The van der Waals surface area contributed by atoms with Gasteiger partial charge in [-0.15, -0.1) is 0 Å². The first-order chi connectivity index (χ1) is 15.0. The topological polar surface area (TPSA) is 103 Å². The van der Waals surface area contributed by atoms with Gasteiger partial charge < -0.3 is 20.1 Å². The predicted molar refractivity (Wildman–Crippen MR) is 115 cm³/mol. The third-order valence-corrected chi connectivity index (χ3v) is 4.24. The summed E-state index contributed by atoms with van der Waals surface area (Å²) in [7, 11) is 1.51. The molecular formula is C22H20FN3O5. The first-order valence-electron chi connectivity index (χ1n) is 9.31. The number of rotatable bonds is 9. The molecule has 160 valence electrons. The van der Waals surface area contributed by atoms with Crippen LogP contribution in [0.1, 0.15) is 10.4 Å². The van der Waals surface area contributed by atoms with E-state index in [0.717, 1.165) is 12.1 Å². The summed E-state index contributed by atoms with van der Waals surface area (Å²) >= 11 is 0. The molecule has 8 nitrogen and oxygen atoms in total. The zero-order chi connectivity index (χ0) is 22.2. The van der Waals surface area contributed by atoms with Crippen molar-refractivity contribution in [2.75, 3.05) is 31.0 Å². The van der Waals surface area contributed by atoms with Gasteiger partial charge in [0.1, 0.15) is 23.9 Å². The Kier molecular flexibility index (Phi) is 7.13. The van der Waals surface area contributed by atoms with Crippen LogP contribution in [0.2, 0.25) is 0 Å². The fourth-order valence-corrected chi connectivity index (χ4v) is 2.76.